The Morgan fingerprint density at radius 3 is 2.73 bits per heavy atom. The molecular weight excluding hydrogens is 378 g/mol. The summed E-state index contributed by atoms with van der Waals surface area (Å²) in [6.45, 7) is 4.12. The third kappa shape index (κ3) is 4.92. The molecule has 0 aliphatic carbocycles. The van der Waals surface area contributed by atoms with Crippen LogP contribution in [0.2, 0.25) is 0 Å². The second kappa shape index (κ2) is 9.63. The summed E-state index contributed by atoms with van der Waals surface area (Å²) in [5.41, 5.74) is 1.43. The molecule has 1 unspecified atom stereocenters. The summed E-state index contributed by atoms with van der Waals surface area (Å²) in [5, 5.41) is 5.27. The first-order valence-corrected chi connectivity index (χ1v) is 10.5. The van der Waals surface area contributed by atoms with E-state index in [1.54, 1.807) is 6.07 Å². The molecule has 0 bridgehead atoms. The van der Waals surface area contributed by atoms with Crippen molar-refractivity contribution in [2.24, 2.45) is 0 Å². The van der Waals surface area contributed by atoms with Crippen LogP contribution in [0.5, 0.6) is 11.5 Å². The fourth-order valence-electron chi connectivity index (χ4n) is 3.66. The highest BCUT2D eigenvalue weighted by molar-refractivity contribution is 5.94. The predicted molar refractivity (Wildman–Crippen MR) is 117 cm³/mol. The largest absolute Gasteiger partial charge is 0.493 e. The van der Waals surface area contributed by atoms with Gasteiger partial charge in [0.15, 0.2) is 0 Å². The zero-order chi connectivity index (χ0) is 20.8. The van der Waals surface area contributed by atoms with Gasteiger partial charge in [-0.25, -0.2) is 0 Å². The standard InChI is InChI=1S/C25H27NO4/c1-2-28-24-12-10-20(25(27)26-16-23-8-5-13-29-23)14-21(24)17-30-22-11-9-18-6-3-4-7-19(18)15-22/h3-4,6-7,9-12,14-15,23H,2,5,8,13,16-17H2,1H3,(H,26,27). The Bertz CT molecular complexity index is 1010. The van der Waals surface area contributed by atoms with Gasteiger partial charge in [0.05, 0.1) is 12.7 Å². The van der Waals surface area contributed by atoms with Crippen molar-refractivity contribution in [2.45, 2.75) is 32.5 Å². The smallest absolute Gasteiger partial charge is 0.251 e. The number of amides is 1. The summed E-state index contributed by atoms with van der Waals surface area (Å²) in [6, 6.07) is 19.7. The lowest BCUT2D eigenvalue weighted by atomic mass is 10.1. The molecule has 0 saturated carbocycles. The van der Waals surface area contributed by atoms with Crippen molar-refractivity contribution in [3.63, 3.8) is 0 Å². The first-order valence-electron chi connectivity index (χ1n) is 10.5. The minimum absolute atomic E-state index is 0.111. The molecule has 0 aromatic heterocycles. The lowest BCUT2D eigenvalue weighted by molar-refractivity contribution is 0.0857. The van der Waals surface area contributed by atoms with E-state index in [0.29, 0.717) is 25.3 Å². The third-order valence-corrected chi connectivity index (χ3v) is 5.25. The van der Waals surface area contributed by atoms with Crippen molar-refractivity contribution >= 4 is 16.7 Å². The summed E-state index contributed by atoms with van der Waals surface area (Å²) in [6.07, 6.45) is 2.17. The molecule has 5 heteroatoms. The van der Waals surface area contributed by atoms with E-state index in [1.807, 2.05) is 49.4 Å². The number of fused-ring (bicyclic) bond motifs is 1. The van der Waals surface area contributed by atoms with Gasteiger partial charge in [-0.2, -0.15) is 0 Å². The van der Waals surface area contributed by atoms with Gasteiger partial charge in [-0.3, -0.25) is 4.79 Å². The molecule has 0 radical (unpaired) electrons. The van der Waals surface area contributed by atoms with Crippen LogP contribution < -0.4 is 14.8 Å². The van der Waals surface area contributed by atoms with Gasteiger partial charge in [0.2, 0.25) is 0 Å². The number of hydrogen-bond donors (Lipinski definition) is 1. The van der Waals surface area contributed by atoms with Crippen LogP contribution in [0.1, 0.15) is 35.7 Å². The van der Waals surface area contributed by atoms with Gasteiger partial charge >= 0.3 is 0 Å². The second-order valence-corrected chi connectivity index (χ2v) is 7.40. The molecular formula is C25H27NO4. The van der Waals surface area contributed by atoms with Crippen molar-refractivity contribution in [3.05, 3.63) is 71.8 Å². The zero-order valence-corrected chi connectivity index (χ0v) is 17.2. The number of carbonyl (C=O) groups excluding carboxylic acids is 1. The minimum Gasteiger partial charge on any atom is -0.493 e. The van der Waals surface area contributed by atoms with E-state index in [4.69, 9.17) is 14.2 Å². The summed E-state index contributed by atoms with van der Waals surface area (Å²) in [5.74, 6) is 1.40. The SMILES string of the molecule is CCOc1ccc(C(=O)NCC2CCCO2)cc1COc1ccc2ccccc2c1. The molecule has 156 valence electrons. The van der Waals surface area contributed by atoms with E-state index in [0.717, 1.165) is 41.9 Å². The van der Waals surface area contributed by atoms with E-state index >= 15 is 0 Å². The van der Waals surface area contributed by atoms with Gasteiger partial charge in [0, 0.05) is 24.3 Å². The van der Waals surface area contributed by atoms with E-state index in [-0.39, 0.29) is 12.0 Å². The second-order valence-electron chi connectivity index (χ2n) is 7.40. The summed E-state index contributed by atoms with van der Waals surface area (Å²) in [7, 11) is 0. The monoisotopic (exact) mass is 405 g/mol. The van der Waals surface area contributed by atoms with Gasteiger partial charge in [-0.15, -0.1) is 0 Å². The molecule has 1 aliphatic rings. The number of hydrogen-bond acceptors (Lipinski definition) is 4. The van der Waals surface area contributed by atoms with Crippen LogP contribution in [-0.2, 0) is 11.3 Å². The average Bonchev–Trinajstić information content (AvgIpc) is 3.30. The van der Waals surface area contributed by atoms with Crippen LogP contribution in [-0.4, -0.2) is 31.8 Å². The van der Waals surface area contributed by atoms with E-state index in [1.165, 1.54) is 5.39 Å². The maximum Gasteiger partial charge on any atom is 0.251 e. The molecule has 5 nitrogen and oxygen atoms in total. The molecule has 1 N–H and O–H groups in total. The third-order valence-electron chi connectivity index (χ3n) is 5.25. The molecule has 1 fully saturated rings. The molecule has 1 atom stereocenters. The van der Waals surface area contributed by atoms with E-state index < -0.39 is 0 Å². The fraction of sp³-hybridized carbons (Fsp3) is 0.320. The Hall–Kier alpha value is -3.05. The molecule has 1 heterocycles. The molecule has 1 saturated heterocycles. The van der Waals surface area contributed by atoms with E-state index in [9.17, 15) is 4.79 Å². The Labute approximate surface area is 177 Å². The highest BCUT2D eigenvalue weighted by Crippen LogP contribution is 2.25. The Kier molecular flexibility index (Phi) is 6.50. The van der Waals surface area contributed by atoms with Gasteiger partial charge in [-0.1, -0.05) is 30.3 Å². The Morgan fingerprint density at radius 2 is 1.93 bits per heavy atom. The number of benzene rings is 3. The first kappa shape index (κ1) is 20.2. The van der Waals surface area contributed by atoms with Crippen molar-refractivity contribution in [2.75, 3.05) is 19.8 Å². The van der Waals surface area contributed by atoms with Crippen molar-refractivity contribution < 1.29 is 19.0 Å². The Morgan fingerprint density at radius 1 is 1.07 bits per heavy atom. The van der Waals surface area contributed by atoms with Crippen LogP contribution >= 0.6 is 0 Å². The topological polar surface area (TPSA) is 56.8 Å². The zero-order valence-electron chi connectivity index (χ0n) is 17.2. The molecule has 1 aliphatic heterocycles. The van der Waals surface area contributed by atoms with Crippen LogP contribution in [0.15, 0.2) is 60.7 Å². The molecule has 0 spiro atoms. The highest BCUT2D eigenvalue weighted by Gasteiger charge is 2.17. The molecule has 3 aromatic carbocycles. The number of carbonyl (C=O) groups is 1. The number of nitrogens with one attached hydrogen (secondary N) is 1. The normalized spacial score (nSPS) is 15.8. The van der Waals surface area contributed by atoms with Crippen LogP contribution in [0.4, 0.5) is 0 Å². The van der Waals surface area contributed by atoms with Gasteiger partial charge < -0.3 is 19.5 Å². The van der Waals surface area contributed by atoms with Gasteiger partial charge in [-0.05, 0) is 60.9 Å². The maximum absolute atomic E-state index is 12.6. The molecule has 4 rings (SSSR count). The maximum atomic E-state index is 12.6. The molecule has 1 amide bonds. The van der Waals surface area contributed by atoms with Crippen LogP contribution in [0.3, 0.4) is 0 Å². The summed E-state index contributed by atoms with van der Waals surface area (Å²) in [4.78, 5) is 12.6. The van der Waals surface area contributed by atoms with Crippen molar-refractivity contribution in [1.82, 2.24) is 5.32 Å². The number of rotatable bonds is 8. The lowest BCUT2D eigenvalue weighted by Gasteiger charge is -2.15. The Balaban J connectivity index is 1.46. The predicted octanol–water partition coefficient (Wildman–Crippen LogP) is 4.73. The van der Waals surface area contributed by atoms with Crippen LogP contribution in [0, 0.1) is 0 Å². The van der Waals surface area contributed by atoms with Gasteiger partial charge in [0.25, 0.3) is 5.91 Å². The number of ether oxygens (including phenoxy) is 3. The quantitative estimate of drug-likeness (QED) is 0.589. The van der Waals surface area contributed by atoms with Crippen molar-refractivity contribution in [3.8, 4) is 11.5 Å². The fourth-order valence-corrected chi connectivity index (χ4v) is 3.66. The molecule has 3 aromatic rings. The summed E-state index contributed by atoms with van der Waals surface area (Å²) < 4.78 is 17.3. The summed E-state index contributed by atoms with van der Waals surface area (Å²) >= 11 is 0. The van der Waals surface area contributed by atoms with Crippen LogP contribution in [0.25, 0.3) is 10.8 Å². The van der Waals surface area contributed by atoms with Crippen molar-refractivity contribution in [1.29, 1.82) is 0 Å². The first-order chi connectivity index (χ1) is 14.7. The average molecular weight is 405 g/mol. The van der Waals surface area contributed by atoms with Gasteiger partial charge in [0.1, 0.15) is 18.1 Å². The lowest BCUT2D eigenvalue weighted by Crippen LogP contribution is -2.31. The molecule has 30 heavy (non-hydrogen) atoms. The van der Waals surface area contributed by atoms with E-state index in [2.05, 4.69) is 17.4 Å². The minimum atomic E-state index is -0.111. The highest BCUT2D eigenvalue weighted by atomic mass is 16.5.